The fraction of sp³-hybridized carbons (Fsp3) is 0.150. The molecule has 132 valence electrons. The largest absolute Gasteiger partial charge is 0.494 e. The molecule has 0 aliphatic rings. The molecule has 0 fully saturated rings. The lowest BCUT2D eigenvalue weighted by atomic mass is 10.0. The van der Waals surface area contributed by atoms with Crippen LogP contribution in [0.5, 0.6) is 5.75 Å². The van der Waals surface area contributed by atoms with Gasteiger partial charge in [-0.15, -0.1) is 0 Å². The number of pyridine rings is 1. The maximum atomic E-state index is 10.6. The molecule has 6 nitrogen and oxygen atoms in total. The molecule has 0 radical (unpaired) electrons. The molecule has 3 aromatic rings. The van der Waals surface area contributed by atoms with E-state index >= 15 is 0 Å². The molecule has 0 atom stereocenters. The fourth-order valence-corrected chi connectivity index (χ4v) is 2.92. The molecular formula is C20H20N4O2. The highest BCUT2D eigenvalue weighted by molar-refractivity contribution is 6.06. The first-order valence-corrected chi connectivity index (χ1v) is 8.14. The molecular weight excluding hydrogens is 328 g/mol. The van der Waals surface area contributed by atoms with Crippen molar-refractivity contribution in [1.29, 1.82) is 5.41 Å². The van der Waals surface area contributed by atoms with E-state index in [0.717, 1.165) is 27.8 Å². The molecule has 3 N–H and O–H groups in total. The second-order valence-corrected chi connectivity index (χ2v) is 6.00. The molecule has 1 aromatic heterocycles. The Morgan fingerprint density at radius 1 is 1.19 bits per heavy atom. The van der Waals surface area contributed by atoms with Crippen LogP contribution in [0.4, 0.5) is 5.69 Å². The minimum absolute atomic E-state index is 0.108. The Hall–Kier alpha value is -3.41. The molecule has 1 heterocycles. The predicted molar refractivity (Wildman–Crippen MR) is 104 cm³/mol. The van der Waals surface area contributed by atoms with Gasteiger partial charge < -0.3 is 10.1 Å². The number of ether oxygens (including phenoxy) is 1. The van der Waals surface area contributed by atoms with E-state index in [1.165, 1.54) is 0 Å². The van der Waals surface area contributed by atoms with Gasteiger partial charge in [-0.3, -0.25) is 15.5 Å². The Bertz CT molecular complexity index is 999. The highest BCUT2D eigenvalue weighted by atomic mass is 16.5. The zero-order chi connectivity index (χ0) is 18.7. The first-order chi connectivity index (χ1) is 12.5. The number of amides is 1. The lowest BCUT2D eigenvalue weighted by molar-refractivity contribution is -0.108. The number of aromatic nitrogens is 1. The summed E-state index contributed by atoms with van der Waals surface area (Å²) < 4.78 is 5.52. The van der Waals surface area contributed by atoms with Gasteiger partial charge in [-0.25, -0.2) is 4.98 Å². The summed E-state index contributed by atoms with van der Waals surface area (Å²) in [5.74, 6) is 0.553. The molecule has 0 unspecified atom stereocenters. The number of hydrogen-bond donors (Lipinski definition) is 3. The average molecular weight is 348 g/mol. The summed E-state index contributed by atoms with van der Waals surface area (Å²) in [4.78, 5) is 15.4. The number of hydrogen-bond acceptors (Lipinski definition) is 4. The van der Waals surface area contributed by atoms with Crippen LogP contribution in [0.2, 0.25) is 0 Å². The van der Waals surface area contributed by atoms with Gasteiger partial charge in [0.15, 0.2) is 5.96 Å². The van der Waals surface area contributed by atoms with Crippen LogP contribution in [0.25, 0.3) is 22.2 Å². The topological polar surface area (TPSA) is 87.1 Å². The van der Waals surface area contributed by atoms with E-state index in [2.05, 4.69) is 10.6 Å². The maximum Gasteiger partial charge on any atom is 0.213 e. The fourth-order valence-electron chi connectivity index (χ4n) is 2.92. The lowest BCUT2D eigenvalue weighted by Crippen LogP contribution is -2.28. The number of benzene rings is 2. The van der Waals surface area contributed by atoms with Gasteiger partial charge in [0.05, 0.1) is 18.5 Å². The van der Waals surface area contributed by atoms with E-state index in [1.807, 2.05) is 56.3 Å². The summed E-state index contributed by atoms with van der Waals surface area (Å²) in [6, 6.07) is 13.7. The van der Waals surface area contributed by atoms with Crippen LogP contribution in [0.15, 0.2) is 42.5 Å². The first-order valence-electron chi connectivity index (χ1n) is 8.14. The number of guanidine groups is 1. The van der Waals surface area contributed by atoms with Crippen LogP contribution >= 0.6 is 0 Å². The molecule has 0 saturated heterocycles. The molecule has 1 amide bonds. The van der Waals surface area contributed by atoms with Crippen LogP contribution in [-0.2, 0) is 4.79 Å². The van der Waals surface area contributed by atoms with Gasteiger partial charge in [0.1, 0.15) is 11.3 Å². The summed E-state index contributed by atoms with van der Waals surface area (Å²) in [5, 5.41) is 13.9. The van der Waals surface area contributed by atoms with Crippen molar-refractivity contribution < 1.29 is 9.53 Å². The quantitative estimate of drug-likeness (QED) is 0.382. The van der Waals surface area contributed by atoms with Gasteiger partial charge >= 0.3 is 0 Å². The van der Waals surface area contributed by atoms with Crippen LogP contribution in [-0.4, -0.2) is 24.5 Å². The SMILES string of the molecule is COc1cc(C)cc2c(NC(=N)NC=O)cc(-c3ccccc3C)nc12. The van der Waals surface area contributed by atoms with Crippen molar-refractivity contribution in [1.82, 2.24) is 10.3 Å². The molecule has 0 saturated carbocycles. The number of rotatable bonds is 4. The Kier molecular flexibility index (Phi) is 4.84. The number of methoxy groups -OCH3 is 1. The van der Waals surface area contributed by atoms with E-state index in [0.29, 0.717) is 23.4 Å². The second kappa shape index (κ2) is 7.23. The zero-order valence-electron chi connectivity index (χ0n) is 14.9. The van der Waals surface area contributed by atoms with E-state index in [9.17, 15) is 4.79 Å². The van der Waals surface area contributed by atoms with Crippen molar-refractivity contribution in [3.8, 4) is 17.0 Å². The molecule has 2 aromatic carbocycles. The van der Waals surface area contributed by atoms with Crippen molar-refractivity contribution in [2.45, 2.75) is 13.8 Å². The Labute approximate surface area is 151 Å². The Morgan fingerprint density at radius 3 is 2.65 bits per heavy atom. The standard InChI is InChI=1S/C20H20N4O2/c1-12-8-15-17(24-20(21)22-11-25)10-16(14-7-5-4-6-13(14)2)23-19(15)18(9-12)26-3/h4-11H,1-3H3,(H3,21,22,23,24,25). The third kappa shape index (κ3) is 3.35. The van der Waals surface area contributed by atoms with E-state index in [4.69, 9.17) is 15.1 Å². The molecule has 0 spiro atoms. The van der Waals surface area contributed by atoms with E-state index < -0.39 is 0 Å². The number of nitrogens with zero attached hydrogens (tertiary/aromatic N) is 1. The number of carbonyl (C=O) groups excluding carboxylic acids is 1. The van der Waals surface area contributed by atoms with Crippen LogP contribution in [0, 0.1) is 19.3 Å². The lowest BCUT2D eigenvalue weighted by Gasteiger charge is -2.15. The van der Waals surface area contributed by atoms with Crippen LogP contribution in [0.1, 0.15) is 11.1 Å². The monoisotopic (exact) mass is 348 g/mol. The van der Waals surface area contributed by atoms with Crippen molar-refractivity contribution >= 4 is 29.0 Å². The van der Waals surface area contributed by atoms with Crippen LogP contribution in [0.3, 0.4) is 0 Å². The molecule has 0 aliphatic heterocycles. The first kappa shape index (κ1) is 17.4. The van der Waals surface area contributed by atoms with E-state index in [1.54, 1.807) is 7.11 Å². The van der Waals surface area contributed by atoms with Gasteiger partial charge in [0, 0.05) is 10.9 Å². The predicted octanol–water partition coefficient (Wildman–Crippen LogP) is 3.62. The van der Waals surface area contributed by atoms with Crippen molar-refractivity contribution in [3.63, 3.8) is 0 Å². The van der Waals surface area contributed by atoms with Crippen molar-refractivity contribution in [2.24, 2.45) is 0 Å². The maximum absolute atomic E-state index is 10.6. The molecule has 0 bridgehead atoms. The number of nitrogens with one attached hydrogen (secondary N) is 3. The summed E-state index contributed by atoms with van der Waals surface area (Å²) >= 11 is 0. The van der Waals surface area contributed by atoms with Gasteiger partial charge in [-0.05, 0) is 43.2 Å². The summed E-state index contributed by atoms with van der Waals surface area (Å²) in [6.45, 7) is 3.99. The summed E-state index contributed by atoms with van der Waals surface area (Å²) in [7, 11) is 1.61. The van der Waals surface area contributed by atoms with Crippen molar-refractivity contribution in [2.75, 3.05) is 12.4 Å². The zero-order valence-corrected chi connectivity index (χ0v) is 14.9. The number of aryl methyl sites for hydroxylation is 2. The Balaban J connectivity index is 2.28. The van der Waals surface area contributed by atoms with Gasteiger partial charge in [-0.1, -0.05) is 24.3 Å². The number of fused-ring (bicyclic) bond motifs is 1. The minimum Gasteiger partial charge on any atom is -0.494 e. The number of carbonyl (C=O) groups is 1. The highest BCUT2D eigenvalue weighted by Gasteiger charge is 2.14. The third-order valence-corrected chi connectivity index (χ3v) is 4.13. The third-order valence-electron chi connectivity index (χ3n) is 4.13. The average Bonchev–Trinajstić information content (AvgIpc) is 2.62. The smallest absolute Gasteiger partial charge is 0.213 e. The second-order valence-electron chi connectivity index (χ2n) is 6.00. The Morgan fingerprint density at radius 2 is 1.96 bits per heavy atom. The highest BCUT2D eigenvalue weighted by Crippen LogP contribution is 2.35. The normalized spacial score (nSPS) is 10.4. The summed E-state index contributed by atoms with van der Waals surface area (Å²) in [5.41, 5.74) is 5.24. The van der Waals surface area contributed by atoms with Crippen LogP contribution < -0.4 is 15.4 Å². The molecule has 26 heavy (non-hydrogen) atoms. The molecule has 0 aliphatic carbocycles. The minimum atomic E-state index is -0.108. The molecule has 3 rings (SSSR count). The van der Waals surface area contributed by atoms with Gasteiger partial charge in [-0.2, -0.15) is 0 Å². The number of anilines is 1. The van der Waals surface area contributed by atoms with E-state index in [-0.39, 0.29) is 5.96 Å². The van der Waals surface area contributed by atoms with Gasteiger partial charge in [0.2, 0.25) is 6.41 Å². The molecule has 6 heteroatoms. The van der Waals surface area contributed by atoms with Gasteiger partial charge in [0.25, 0.3) is 0 Å². The summed E-state index contributed by atoms with van der Waals surface area (Å²) in [6.07, 6.45) is 0.465. The van der Waals surface area contributed by atoms with Crippen molar-refractivity contribution in [3.05, 3.63) is 53.6 Å².